The number of hydrogen-bond donors (Lipinski definition) is 1. The number of benzene rings is 1. The first-order chi connectivity index (χ1) is 10.7. The highest BCUT2D eigenvalue weighted by molar-refractivity contribution is 5.92. The first kappa shape index (κ1) is 13.2. The van der Waals surface area contributed by atoms with E-state index in [-0.39, 0.29) is 12.5 Å². The number of hydrogen-bond acceptors (Lipinski definition) is 6. The predicted octanol–water partition coefficient (Wildman–Crippen LogP) is 1.68. The third kappa shape index (κ3) is 1.74. The van der Waals surface area contributed by atoms with Crippen LogP contribution in [0.1, 0.15) is 17.0 Å². The lowest BCUT2D eigenvalue weighted by molar-refractivity contribution is -0.00484. The molecule has 2 atom stereocenters. The van der Waals surface area contributed by atoms with Crippen LogP contribution < -0.4 is 15.1 Å². The summed E-state index contributed by atoms with van der Waals surface area (Å²) in [5, 5.41) is 9.94. The van der Waals surface area contributed by atoms with Gasteiger partial charge in [0.05, 0.1) is 30.2 Å². The molecule has 0 spiro atoms. The van der Waals surface area contributed by atoms with Gasteiger partial charge in [-0.2, -0.15) is 0 Å². The van der Waals surface area contributed by atoms with Crippen molar-refractivity contribution in [3.8, 4) is 11.5 Å². The zero-order chi connectivity index (χ0) is 15.3. The molecule has 114 valence electrons. The fourth-order valence-corrected chi connectivity index (χ4v) is 3.12. The maximum absolute atomic E-state index is 11.9. The van der Waals surface area contributed by atoms with E-state index in [2.05, 4.69) is 0 Å². The van der Waals surface area contributed by atoms with Crippen LogP contribution in [0.5, 0.6) is 11.5 Å². The average Bonchev–Trinajstić information content (AvgIpc) is 3.06. The third-order valence-corrected chi connectivity index (χ3v) is 4.03. The minimum Gasteiger partial charge on any atom is -0.496 e. The molecule has 2 aliphatic rings. The van der Waals surface area contributed by atoms with Gasteiger partial charge in [-0.05, 0) is 18.1 Å². The van der Waals surface area contributed by atoms with E-state index in [1.54, 1.807) is 19.4 Å². The fraction of sp³-hybridized carbons (Fsp3) is 0.312. The summed E-state index contributed by atoms with van der Waals surface area (Å²) in [5.41, 5.74) is 1.46. The molecular weight excluding hydrogens is 288 g/mol. The lowest BCUT2D eigenvalue weighted by atomic mass is 9.95. The first-order valence-corrected chi connectivity index (χ1v) is 7.00. The van der Waals surface area contributed by atoms with E-state index < -0.39 is 11.9 Å². The Kier molecular flexibility index (Phi) is 2.87. The zero-order valence-electron chi connectivity index (χ0n) is 11.9. The van der Waals surface area contributed by atoms with Gasteiger partial charge in [-0.25, -0.2) is 4.79 Å². The molecule has 6 nitrogen and oxygen atoms in total. The van der Waals surface area contributed by atoms with E-state index in [1.807, 2.05) is 6.08 Å². The van der Waals surface area contributed by atoms with Gasteiger partial charge in [0, 0.05) is 18.7 Å². The highest BCUT2D eigenvalue weighted by Crippen LogP contribution is 2.49. The molecular formula is C16H14O6. The normalized spacial score (nSPS) is 21.4. The van der Waals surface area contributed by atoms with Crippen LogP contribution in [-0.4, -0.2) is 25.1 Å². The van der Waals surface area contributed by atoms with Crippen LogP contribution in [0.4, 0.5) is 0 Å². The van der Waals surface area contributed by atoms with Gasteiger partial charge in [-0.3, -0.25) is 0 Å². The Morgan fingerprint density at radius 1 is 1.36 bits per heavy atom. The monoisotopic (exact) mass is 302 g/mol. The summed E-state index contributed by atoms with van der Waals surface area (Å²) in [5.74, 6) is 1.02. The van der Waals surface area contributed by atoms with Gasteiger partial charge in [-0.1, -0.05) is 0 Å². The van der Waals surface area contributed by atoms with Crippen molar-refractivity contribution in [2.24, 2.45) is 0 Å². The second kappa shape index (κ2) is 4.78. The fourth-order valence-electron chi connectivity index (χ4n) is 3.12. The largest absolute Gasteiger partial charge is 0.496 e. The summed E-state index contributed by atoms with van der Waals surface area (Å²) in [7, 11) is 1.54. The second-order valence-corrected chi connectivity index (χ2v) is 5.24. The minimum atomic E-state index is -0.460. The molecule has 1 N–H and O–H groups in total. The molecule has 0 radical (unpaired) electrons. The van der Waals surface area contributed by atoms with E-state index in [9.17, 15) is 9.90 Å². The van der Waals surface area contributed by atoms with Crippen molar-refractivity contribution in [2.75, 3.05) is 13.7 Å². The molecule has 4 rings (SSSR count). The molecule has 6 heteroatoms. The Hall–Kier alpha value is -2.47. The number of fused-ring (bicyclic) bond motifs is 5. The summed E-state index contributed by atoms with van der Waals surface area (Å²) >= 11 is 0. The second-order valence-electron chi connectivity index (χ2n) is 5.24. The van der Waals surface area contributed by atoms with Crippen LogP contribution in [0, 0.1) is 0 Å². The number of aliphatic hydroxyl groups excluding tert-OH is 1. The molecule has 1 aromatic heterocycles. The molecule has 0 saturated heterocycles. The van der Waals surface area contributed by atoms with Crippen LogP contribution in [0.15, 0.2) is 33.7 Å². The average molecular weight is 302 g/mol. The van der Waals surface area contributed by atoms with Crippen molar-refractivity contribution in [3.05, 3.63) is 46.0 Å². The molecule has 0 saturated carbocycles. The van der Waals surface area contributed by atoms with Gasteiger partial charge in [-0.15, -0.1) is 0 Å². The highest BCUT2D eigenvalue weighted by atomic mass is 16.7. The number of methoxy groups -OCH3 is 1. The Bertz CT molecular complexity index is 835. The van der Waals surface area contributed by atoms with Gasteiger partial charge >= 0.3 is 5.63 Å². The summed E-state index contributed by atoms with van der Waals surface area (Å²) in [6.07, 6.45) is 3.38. The maximum Gasteiger partial charge on any atom is 0.336 e. The van der Waals surface area contributed by atoms with E-state index in [0.717, 1.165) is 5.56 Å². The molecule has 0 unspecified atom stereocenters. The van der Waals surface area contributed by atoms with Gasteiger partial charge in [0.25, 0.3) is 6.29 Å². The standard InChI is InChI=1S/C16H14O6/c1-19-10-7-11-14(9-3-5-20-16(9)21-11)15-13(10)8(2-4-17)6-12(18)22-15/h3,5-7,9,16-17H,2,4H2,1H3/t9-,16+/m1/s1. The van der Waals surface area contributed by atoms with Crippen LogP contribution >= 0.6 is 0 Å². The van der Waals surface area contributed by atoms with Crippen LogP contribution in [-0.2, 0) is 11.2 Å². The van der Waals surface area contributed by atoms with Crippen molar-refractivity contribution >= 4 is 11.0 Å². The van der Waals surface area contributed by atoms with Gasteiger partial charge in [0.15, 0.2) is 0 Å². The SMILES string of the molecule is COc1cc2c(c3oc(=O)cc(CCO)c13)[C@H]1C=CO[C@H]1O2. The van der Waals surface area contributed by atoms with Crippen molar-refractivity contribution in [1.82, 2.24) is 0 Å². The molecule has 3 heterocycles. The first-order valence-electron chi connectivity index (χ1n) is 7.00. The van der Waals surface area contributed by atoms with Crippen molar-refractivity contribution in [3.63, 3.8) is 0 Å². The molecule has 2 aliphatic heterocycles. The minimum absolute atomic E-state index is 0.0651. The summed E-state index contributed by atoms with van der Waals surface area (Å²) in [6.45, 7) is -0.0651. The Labute approximate surface area is 125 Å². The molecule has 0 fully saturated rings. The van der Waals surface area contributed by atoms with Crippen molar-refractivity contribution in [1.29, 1.82) is 0 Å². The van der Waals surface area contributed by atoms with E-state index in [4.69, 9.17) is 18.6 Å². The summed E-state index contributed by atoms with van der Waals surface area (Å²) in [6, 6.07) is 3.16. The Balaban J connectivity index is 2.08. The summed E-state index contributed by atoms with van der Waals surface area (Å²) in [4.78, 5) is 11.9. The molecule has 0 amide bonds. The number of aliphatic hydroxyl groups is 1. The zero-order valence-corrected chi connectivity index (χ0v) is 11.9. The quantitative estimate of drug-likeness (QED) is 0.869. The topological polar surface area (TPSA) is 78.1 Å². The highest BCUT2D eigenvalue weighted by Gasteiger charge is 2.40. The predicted molar refractivity (Wildman–Crippen MR) is 77.2 cm³/mol. The Morgan fingerprint density at radius 2 is 2.23 bits per heavy atom. The van der Waals surface area contributed by atoms with Crippen molar-refractivity contribution in [2.45, 2.75) is 18.6 Å². The van der Waals surface area contributed by atoms with E-state index >= 15 is 0 Å². The van der Waals surface area contributed by atoms with Crippen LogP contribution in [0.25, 0.3) is 11.0 Å². The van der Waals surface area contributed by atoms with Gasteiger partial charge < -0.3 is 23.7 Å². The molecule has 1 aromatic carbocycles. The van der Waals surface area contributed by atoms with E-state index in [0.29, 0.717) is 34.5 Å². The lowest BCUT2D eigenvalue weighted by Crippen LogP contribution is -2.14. The smallest absolute Gasteiger partial charge is 0.336 e. The molecule has 2 aromatic rings. The lowest BCUT2D eigenvalue weighted by Gasteiger charge is -2.12. The maximum atomic E-state index is 11.9. The Morgan fingerprint density at radius 3 is 3.00 bits per heavy atom. The van der Waals surface area contributed by atoms with Gasteiger partial charge in [0.2, 0.25) is 0 Å². The molecule has 0 aliphatic carbocycles. The van der Waals surface area contributed by atoms with Gasteiger partial charge in [0.1, 0.15) is 17.1 Å². The number of rotatable bonds is 3. The molecule has 22 heavy (non-hydrogen) atoms. The summed E-state index contributed by atoms with van der Waals surface area (Å²) < 4.78 is 22.0. The van der Waals surface area contributed by atoms with Crippen LogP contribution in [0.3, 0.4) is 0 Å². The van der Waals surface area contributed by atoms with Crippen LogP contribution in [0.2, 0.25) is 0 Å². The molecule has 0 bridgehead atoms. The van der Waals surface area contributed by atoms with Crippen molar-refractivity contribution < 1.29 is 23.7 Å². The third-order valence-electron chi connectivity index (χ3n) is 4.03. The number of ether oxygens (including phenoxy) is 3. The van der Waals surface area contributed by atoms with E-state index in [1.165, 1.54) is 6.07 Å².